The van der Waals surface area contributed by atoms with Gasteiger partial charge in [-0.2, -0.15) is 0 Å². The van der Waals surface area contributed by atoms with Gasteiger partial charge < -0.3 is 5.32 Å². The van der Waals surface area contributed by atoms with Crippen molar-refractivity contribution < 1.29 is 4.79 Å². The Morgan fingerprint density at radius 2 is 2.25 bits per heavy atom. The lowest BCUT2D eigenvalue weighted by Gasteiger charge is -2.06. The van der Waals surface area contributed by atoms with Crippen molar-refractivity contribution in [2.75, 3.05) is 0 Å². The second-order valence-electron chi connectivity index (χ2n) is 3.06. The number of hydrogen-bond donors (Lipinski definition) is 1. The normalized spacial score (nSPS) is 10.3. The maximum absolute atomic E-state index is 11.4. The summed E-state index contributed by atoms with van der Waals surface area (Å²) >= 11 is 1.49. The van der Waals surface area contributed by atoms with Gasteiger partial charge in [0.1, 0.15) is 0 Å². The quantitative estimate of drug-likeness (QED) is 0.748. The first-order valence-electron chi connectivity index (χ1n) is 3.96. The van der Waals surface area contributed by atoms with Crippen LogP contribution in [0.2, 0.25) is 0 Å². The van der Waals surface area contributed by atoms with E-state index in [9.17, 15) is 4.79 Å². The van der Waals surface area contributed by atoms with Crippen LogP contribution in [0.15, 0.2) is 11.4 Å². The smallest absolute Gasteiger partial charge is 0.261 e. The number of hydrogen-bond acceptors (Lipinski definition) is 2. The minimum absolute atomic E-state index is 0.0394. The summed E-state index contributed by atoms with van der Waals surface area (Å²) < 4.78 is 0. The van der Waals surface area contributed by atoms with Crippen LogP contribution in [0.4, 0.5) is 0 Å². The van der Waals surface area contributed by atoms with E-state index in [1.165, 1.54) is 11.3 Å². The molecule has 0 aliphatic heterocycles. The Morgan fingerprint density at radius 1 is 1.58 bits per heavy atom. The predicted octanol–water partition coefficient (Wildman–Crippen LogP) is 2.19. The number of aryl methyl sites for hydroxylation is 1. The Bertz CT molecular complexity index is 278. The van der Waals surface area contributed by atoms with Gasteiger partial charge in [0, 0.05) is 6.04 Å². The number of carbonyl (C=O) groups excluding carboxylic acids is 1. The van der Waals surface area contributed by atoms with E-state index in [0.29, 0.717) is 0 Å². The molecule has 12 heavy (non-hydrogen) atoms. The third-order valence-electron chi connectivity index (χ3n) is 1.49. The molecule has 3 heteroatoms. The van der Waals surface area contributed by atoms with Gasteiger partial charge >= 0.3 is 0 Å². The molecule has 1 aromatic rings. The van der Waals surface area contributed by atoms with Crippen LogP contribution >= 0.6 is 11.3 Å². The van der Waals surface area contributed by atoms with E-state index in [1.54, 1.807) is 0 Å². The molecule has 2 nitrogen and oxygen atoms in total. The zero-order valence-corrected chi connectivity index (χ0v) is 8.37. The minimum Gasteiger partial charge on any atom is -0.349 e. The molecule has 0 fully saturated rings. The maximum atomic E-state index is 11.4. The molecule has 0 bridgehead atoms. The summed E-state index contributed by atoms with van der Waals surface area (Å²) in [7, 11) is 0. The fourth-order valence-corrected chi connectivity index (χ4v) is 1.76. The van der Waals surface area contributed by atoms with Crippen LogP contribution in [-0.2, 0) is 0 Å². The molecule has 1 aromatic heterocycles. The second-order valence-corrected chi connectivity index (χ2v) is 3.98. The molecule has 0 spiro atoms. The SMILES string of the molecule is Cc1ccsc1C(=O)NC(C)C. The molecule has 0 saturated heterocycles. The van der Waals surface area contributed by atoms with Gasteiger partial charge in [-0.3, -0.25) is 4.79 Å². The number of amides is 1. The highest BCUT2D eigenvalue weighted by atomic mass is 32.1. The molecule has 66 valence electrons. The summed E-state index contributed by atoms with van der Waals surface area (Å²) in [5.41, 5.74) is 1.05. The zero-order valence-electron chi connectivity index (χ0n) is 7.55. The van der Waals surface area contributed by atoms with Crippen molar-refractivity contribution in [3.8, 4) is 0 Å². The summed E-state index contributed by atoms with van der Waals surface area (Å²) in [5, 5.41) is 4.79. The second kappa shape index (κ2) is 3.72. The summed E-state index contributed by atoms with van der Waals surface area (Å²) in [6.07, 6.45) is 0. The largest absolute Gasteiger partial charge is 0.349 e. The highest BCUT2D eigenvalue weighted by Crippen LogP contribution is 2.14. The highest BCUT2D eigenvalue weighted by Gasteiger charge is 2.10. The Balaban J connectivity index is 2.72. The first kappa shape index (κ1) is 9.26. The summed E-state index contributed by atoms with van der Waals surface area (Å²) in [4.78, 5) is 12.3. The molecule has 1 rings (SSSR count). The number of rotatable bonds is 2. The van der Waals surface area contributed by atoms with Gasteiger partial charge in [-0.1, -0.05) is 0 Å². The fraction of sp³-hybridized carbons (Fsp3) is 0.444. The molecule has 1 N–H and O–H groups in total. The molecule has 0 atom stereocenters. The molecule has 1 heterocycles. The zero-order chi connectivity index (χ0) is 9.14. The summed E-state index contributed by atoms with van der Waals surface area (Å²) in [5.74, 6) is 0.0394. The Kier molecular flexibility index (Phi) is 2.87. The molecular formula is C9H13NOS. The lowest BCUT2D eigenvalue weighted by atomic mass is 10.2. The van der Waals surface area contributed by atoms with E-state index < -0.39 is 0 Å². The number of nitrogens with one attached hydrogen (secondary N) is 1. The van der Waals surface area contributed by atoms with Gasteiger partial charge in [-0.25, -0.2) is 0 Å². The van der Waals surface area contributed by atoms with Crippen molar-refractivity contribution in [1.82, 2.24) is 5.32 Å². The van der Waals surface area contributed by atoms with Gasteiger partial charge in [0.25, 0.3) is 5.91 Å². The third-order valence-corrected chi connectivity index (χ3v) is 2.50. The van der Waals surface area contributed by atoms with Gasteiger partial charge in [-0.15, -0.1) is 11.3 Å². The Morgan fingerprint density at radius 3 is 2.67 bits per heavy atom. The minimum atomic E-state index is 0.0394. The monoisotopic (exact) mass is 183 g/mol. The molecule has 0 aromatic carbocycles. The van der Waals surface area contributed by atoms with E-state index >= 15 is 0 Å². The van der Waals surface area contributed by atoms with Crippen molar-refractivity contribution in [3.63, 3.8) is 0 Å². The van der Waals surface area contributed by atoms with E-state index in [4.69, 9.17) is 0 Å². The molecule has 0 aliphatic rings. The number of thiophene rings is 1. The lowest BCUT2D eigenvalue weighted by molar-refractivity contribution is 0.0946. The van der Waals surface area contributed by atoms with Crippen LogP contribution in [0.25, 0.3) is 0 Å². The maximum Gasteiger partial charge on any atom is 0.261 e. The van der Waals surface area contributed by atoms with Crippen LogP contribution in [-0.4, -0.2) is 11.9 Å². The summed E-state index contributed by atoms with van der Waals surface area (Å²) in [6, 6.07) is 2.17. The molecule has 0 saturated carbocycles. The first-order valence-corrected chi connectivity index (χ1v) is 4.84. The van der Waals surface area contributed by atoms with Gasteiger partial charge in [-0.05, 0) is 37.8 Å². The molecular weight excluding hydrogens is 170 g/mol. The molecule has 0 aliphatic carbocycles. The average Bonchev–Trinajstić information content (AvgIpc) is 2.33. The average molecular weight is 183 g/mol. The van der Waals surface area contributed by atoms with Crippen molar-refractivity contribution in [2.45, 2.75) is 26.8 Å². The van der Waals surface area contributed by atoms with E-state index in [-0.39, 0.29) is 11.9 Å². The lowest BCUT2D eigenvalue weighted by Crippen LogP contribution is -2.29. The van der Waals surface area contributed by atoms with Crippen LogP contribution in [0.3, 0.4) is 0 Å². The molecule has 0 radical (unpaired) electrons. The van der Waals surface area contributed by atoms with Gasteiger partial charge in [0.05, 0.1) is 4.88 Å². The van der Waals surface area contributed by atoms with Crippen molar-refractivity contribution in [2.24, 2.45) is 0 Å². The van der Waals surface area contributed by atoms with E-state index in [1.807, 2.05) is 32.2 Å². The third kappa shape index (κ3) is 2.08. The molecule has 0 unspecified atom stereocenters. The number of carbonyl (C=O) groups is 1. The van der Waals surface area contributed by atoms with Crippen LogP contribution < -0.4 is 5.32 Å². The van der Waals surface area contributed by atoms with Gasteiger partial charge in [0.15, 0.2) is 0 Å². The fourth-order valence-electron chi connectivity index (χ4n) is 0.933. The Labute approximate surface area is 76.6 Å². The van der Waals surface area contributed by atoms with Crippen molar-refractivity contribution in [1.29, 1.82) is 0 Å². The van der Waals surface area contributed by atoms with E-state index in [2.05, 4.69) is 5.32 Å². The Hall–Kier alpha value is -0.830. The highest BCUT2D eigenvalue weighted by molar-refractivity contribution is 7.12. The van der Waals surface area contributed by atoms with Crippen molar-refractivity contribution in [3.05, 3.63) is 21.9 Å². The van der Waals surface area contributed by atoms with Crippen LogP contribution in [0, 0.1) is 6.92 Å². The van der Waals surface area contributed by atoms with Crippen LogP contribution in [0.1, 0.15) is 29.1 Å². The summed E-state index contributed by atoms with van der Waals surface area (Å²) in [6.45, 7) is 5.87. The first-order chi connectivity index (χ1) is 5.61. The molecule has 1 amide bonds. The standard InChI is InChI=1S/C9H13NOS/c1-6(2)10-9(11)8-7(3)4-5-12-8/h4-6H,1-3H3,(H,10,11). The van der Waals surface area contributed by atoms with E-state index in [0.717, 1.165) is 10.4 Å². The topological polar surface area (TPSA) is 29.1 Å². The van der Waals surface area contributed by atoms with Crippen molar-refractivity contribution >= 4 is 17.2 Å². The predicted molar refractivity (Wildman–Crippen MR) is 51.7 cm³/mol. The van der Waals surface area contributed by atoms with Gasteiger partial charge in [0.2, 0.25) is 0 Å². The van der Waals surface area contributed by atoms with Crippen LogP contribution in [0.5, 0.6) is 0 Å².